The normalized spacial score (nSPS) is 20.1. The van der Waals surface area contributed by atoms with Gasteiger partial charge in [0, 0.05) is 31.4 Å². The molecule has 6 N–H and O–H groups in total. The van der Waals surface area contributed by atoms with Gasteiger partial charge in [-0.25, -0.2) is 22.9 Å². The van der Waals surface area contributed by atoms with Crippen LogP contribution in [0.1, 0.15) is 24.2 Å². The molecule has 1 saturated heterocycles. The number of nitrogens with two attached hydrogens (primary N) is 1. The lowest BCUT2D eigenvalue weighted by Gasteiger charge is -2.24. The van der Waals surface area contributed by atoms with E-state index in [1.165, 1.54) is 6.92 Å². The molecule has 5 atom stereocenters. The topological polar surface area (TPSA) is 214 Å². The molecule has 0 unspecified atom stereocenters. The molecule has 242 valence electrons. The second kappa shape index (κ2) is 12.5. The summed E-state index contributed by atoms with van der Waals surface area (Å²) in [6.07, 6.45) is 1.59. The lowest BCUT2D eigenvalue weighted by molar-refractivity contribution is -0.132. The Balaban J connectivity index is 0.000000854. The fourth-order valence-corrected chi connectivity index (χ4v) is 5.10. The van der Waals surface area contributed by atoms with Crippen LogP contribution < -0.4 is 26.7 Å². The van der Waals surface area contributed by atoms with Crippen LogP contribution in [0.4, 0.5) is 19.0 Å². The maximum absolute atomic E-state index is 15.3. The third-order valence-electron chi connectivity index (χ3n) is 7.30. The number of carboxylic acid groups (broad SMARTS) is 1. The highest BCUT2D eigenvalue weighted by Crippen LogP contribution is 2.47. The quantitative estimate of drug-likeness (QED) is 0.219. The molecule has 1 aliphatic carbocycles. The molecule has 2 aliphatic rings. The minimum atomic E-state index is -3.67. The Kier molecular flexibility index (Phi) is 9.34. The van der Waals surface area contributed by atoms with Gasteiger partial charge in [0.05, 0.1) is 29.4 Å². The minimum absolute atomic E-state index is 0.0439. The van der Waals surface area contributed by atoms with Crippen molar-refractivity contribution in [3.8, 4) is 5.69 Å². The van der Waals surface area contributed by atoms with Crippen molar-refractivity contribution in [1.29, 1.82) is 0 Å². The zero-order valence-corrected chi connectivity index (χ0v) is 24.8. The molecule has 2 fully saturated rings. The van der Waals surface area contributed by atoms with Gasteiger partial charge in [0.1, 0.15) is 17.2 Å². The number of nitrogens with zero attached hydrogens (tertiary/aromatic N) is 3. The van der Waals surface area contributed by atoms with E-state index in [1.54, 1.807) is 11.8 Å². The fraction of sp³-hybridized carbons (Fsp3) is 0.370. The molecule has 1 aliphatic heterocycles. The number of aromatic carboxylic acids is 1. The van der Waals surface area contributed by atoms with E-state index in [2.05, 4.69) is 15.6 Å². The van der Waals surface area contributed by atoms with Gasteiger partial charge in [-0.3, -0.25) is 28.8 Å². The van der Waals surface area contributed by atoms with Crippen molar-refractivity contribution < 1.29 is 45.6 Å². The molecule has 0 bridgehead atoms. The molecular weight excluding hydrogens is 625 g/mol. The Bertz CT molecular complexity index is 1850. The number of aromatic nitrogens is 2. The smallest absolute Gasteiger partial charge is 0.341 e. The number of nitrogens with one attached hydrogen (secondary N) is 2. The van der Waals surface area contributed by atoms with Crippen LogP contribution in [0.3, 0.4) is 0 Å². The number of benzene rings is 1. The predicted octanol–water partition coefficient (Wildman–Crippen LogP) is 0.408. The number of pyridine rings is 2. The average Bonchev–Trinajstić information content (AvgIpc) is 3.34. The van der Waals surface area contributed by atoms with Gasteiger partial charge >= 0.3 is 5.97 Å². The first-order chi connectivity index (χ1) is 20.9. The van der Waals surface area contributed by atoms with Crippen molar-refractivity contribution in [1.82, 2.24) is 20.2 Å². The van der Waals surface area contributed by atoms with Gasteiger partial charge < -0.3 is 21.1 Å². The summed E-state index contributed by atoms with van der Waals surface area (Å²) < 4.78 is 70.3. The second-order valence-electron chi connectivity index (χ2n) is 10.8. The van der Waals surface area contributed by atoms with Crippen LogP contribution in [0.2, 0.25) is 0 Å². The average molecular weight is 655 g/mol. The fourth-order valence-electron chi connectivity index (χ4n) is 5.10. The Morgan fingerprint density at radius 3 is 2.20 bits per heavy atom. The monoisotopic (exact) mass is 654 g/mol. The first-order valence-electron chi connectivity index (χ1n) is 13.4. The van der Waals surface area contributed by atoms with Crippen molar-refractivity contribution in [2.24, 2.45) is 17.6 Å². The molecule has 3 heterocycles. The molecule has 0 spiro atoms. The number of anilines is 1. The molecule has 1 aromatic carbocycles. The number of carbonyl (C=O) groups excluding carboxylic acids is 2. The third-order valence-corrected chi connectivity index (χ3v) is 7.30. The predicted molar refractivity (Wildman–Crippen MR) is 154 cm³/mol. The number of carbonyl (C=O) groups is 3. The molecule has 2 amide bonds. The maximum atomic E-state index is 15.3. The van der Waals surface area contributed by atoms with E-state index in [-0.39, 0.29) is 40.4 Å². The van der Waals surface area contributed by atoms with Gasteiger partial charge in [-0.2, -0.15) is 8.42 Å². The zero-order chi connectivity index (χ0) is 33.5. The molecule has 5 rings (SSSR count). The first-order valence-corrected chi connectivity index (χ1v) is 15.2. The zero-order valence-electron chi connectivity index (χ0n) is 24.0. The number of imide groups is 1. The van der Waals surface area contributed by atoms with Gasteiger partial charge in [0.25, 0.3) is 10.1 Å². The number of halogens is 3. The standard InChI is InChI=1S/C26H25F3N6O5.CH4O3S/c1-10(30)24(37)33-25(38)11(2)31-20-14-7-34(8-15(14)20)23-18(29)6-13-21(36)16(26(39)40)9-35(22(13)32-23)19-4-3-12(27)5-17(19)28;1-5(2,3)4/h3-6,9-11,14-15,20,31H,7-8,30H2,1-2H3,(H,39,40)(H,33,37,38);1H3,(H,2,3,4)/t10-,11-,14-,15+,20+;/m0./s1. The van der Waals surface area contributed by atoms with Gasteiger partial charge in [-0.05, 0) is 43.9 Å². The number of fused-ring (bicyclic) bond motifs is 2. The summed E-state index contributed by atoms with van der Waals surface area (Å²) in [6.45, 7) is 3.78. The van der Waals surface area contributed by atoms with Crippen molar-refractivity contribution >= 4 is 44.8 Å². The van der Waals surface area contributed by atoms with E-state index < -0.39 is 68.4 Å². The number of hydrogen-bond acceptors (Lipinski definition) is 10. The number of rotatable bonds is 7. The Hall–Kier alpha value is -4.39. The van der Waals surface area contributed by atoms with Crippen molar-refractivity contribution in [3.05, 3.63) is 63.7 Å². The van der Waals surface area contributed by atoms with E-state index in [0.717, 1.165) is 29.0 Å². The largest absolute Gasteiger partial charge is 0.477 e. The van der Waals surface area contributed by atoms with E-state index in [4.69, 9.17) is 10.3 Å². The van der Waals surface area contributed by atoms with Gasteiger partial charge in [-0.1, -0.05) is 0 Å². The summed E-state index contributed by atoms with van der Waals surface area (Å²) in [4.78, 5) is 54.4. The Morgan fingerprint density at radius 2 is 1.67 bits per heavy atom. The minimum Gasteiger partial charge on any atom is -0.477 e. The highest BCUT2D eigenvalue weighted by Gasteiger charge is 2.56. The van der Waals surface area contributed by atoms with Crippen molar-refractivity contribution in [2.45, 2.75) is 32.0 Å². The summed E-state index contributed by atoms with van der Waals surface area (Å²) in [6, 6.07) is 1.92. The van der Waals surface area contributed by atoms with Crippen LogP contribution in [0.5, 0.6) is 0 Å². The molecule has 0 radical (unpaired) electrons. The number of carboxylic acids is 1. The van der Waals surface area contributed by atoms with E-state index in [0.29, 0.717) is 25.4 Å². The van der Waals surface area contributed by atoms with Crippen LogP contribution >= 0.6 is 0 Å². The lowest BCUT2D eigenvalue weighted by atomic mass is 10.1. The maximum Gasteiger partial charge on any atom is 0.341 e. The van der Waals surface area contributed by atoms with Crippen LogP contribution in [0.15, 0.2) is 35.3 Å². The number of piperidine rings is 1. The van der Waals surface area contributed by atoms with Crippen LogP contribution in [-0.4, -0.2) is 82.9 Å². The second-order valence-corrected chi connectivity index (χ2v) is 12.3. The van der Waals surface area contributed by atoms with Crippen LogP contribution in [0, 0.1) is 29.3 Å². The van der Waals surface area contributed by atoms with E-state index >= 15 is 4.39 Å². The van der Waals surface area contributed by atoms with Gasteiger partial charge in [0.2, 0.25) is 17.2 Å². The summed E-state index contributed by atoms with van der Waals surface area (Å²) in [7, 11) is -3.67. The van der Waals surface area contributed by atoms with Crippen LogP contribution in [0.25, 0.3) is 16.7 Å². The third kappa shape index (κ3) is 7.47. The van der Waals surface area contributed by atoms with Gasteiger partial charge in [-0.15, -0.1) is 0 Å². The van der Waals surface area contributed by atoms with E-state index in [1.807, 2.05) is 0 Å². The summed E-state index contributed by atoms with van der Waals surface area (Å²) >= 11 is 0. The summed E-state index contributed by atoms with van der Waals surface area (Å²) in [5.41, 5.74) is 3.26. The SMILES string of the molecule is CS(=O)(=O)O.C[C@H](N)C(=O)NC(=O)[C@H](C)N[C@H]1[C@@H]2CN(c3nc4c(cc3F)c(=O)c(C(=O)O)cn4-c3ccc(F)cc3F)C[C@@H]21. The molecule has 2 aromatic heterocycles. The first kappa shape index (κ1) is 33.5. The van der Waals surface area contributed by atoms with Crippen molar-refractivity contribution in [3.63, 3.8) is 0 Å². The lowest BCUT2D eigenvalue weighted by Crippen LogP contribution is -2.50. The highest BCUT2D eigenvalue weighted by molar-refractivity contribution is 7.85. The number of hydrogen-bond donors (Lipinski definition) is 5. The van der Waals surface area contributed by atoms with Crippen molar-refractivity contribution in [2.75, 3.05) is 24.2 Å². The summed E-state index contributed by atoms with van der Waals surface area (Å²) in [5, 5.41) is 14.5. The molecular formula is C27H29F3N6O8S. The van der Waals surface area contributed by atoms with Gasteiger partial charge in [0.15, 0.2) is 17.3 Å². The summed E-state index contributed by atoms with van der Waals surface area (Å²) in [5.74, 6) is -5.51. The molecule has 1 saturated carbocycles. The Morgan fingerprint density at radius 1 is 1.07 bits per heavy atom. The van der Waals surface area contributed by atoms with Crippen LogP contribution in [-0.2, 0) is 19.7 Å². The highest BCUT2D eigenvalue weighted by atomic mass is 32.2. The molecule has 45 heavy (non-hydrogen) atoms. The van der Waals surface area contributed by atoms with E-state index in [9.17, 15) is 41.5 Å². The number of amides is 2. The molecule has 3 aromatic rings. The molecule has 14 nitrogen and oxygen atoms in total. The molecule has 18 heteroatoms. The Labute approximate surface area is 253 Å².